The van der Waals surface area contributed by atoms with E-state index in [9.17, 15) is 19.2 Å². The zero-order valence-corrected chi connectivity index (χ0v) is 8.61. The van der Waals surface area contributed by atoms with Crippen LogP contribution >= 0.6 is 0 Å². The molecule has 0 aromatic carbocycles. The van der Waals surface area contributed by atoms with Gasteiger partial charge in [-0.15, -0.1) is 0 Å². The Balaban J connectivity index is 3.01. The number of hydrogen-bond acceptors (Lipinski definition) is 6. The average molecular weight is 242 g/mol. The zero-order chi connectivity index (χ0) is 12.8. The number of aliphatic hydroxyl groups excluding tert-OH is 1. The number of aldehydes is 2. The summed E-state index contributed by atoms with van der Waals surface area (Å²) in [6.07, 6.45) is -0.982. The Morgan fingerprint density at radius 3 is 2.59 bits per heavy atom. The quantitative estimate of drug-likeness (QED) is 0.547. The molecule has 1 heterocycles. The average Bonchev–Trinajstić information content (AvgIpc) is 2.32. The number of nitrogens with one attached hydrogen (secondary N) is 1. The van der Waals surface area contributed by atoms with Crippen LogP contribution in [0.25, 0.3) is 0 Å². The summed E-state index contributed by atoms with van der Waals surface area (Å²) in [6.45, 7) is -0.619. The van der Waals surface area contributed by atoms with Crippen LogP contribution in [0.5, 0.6) is 0 Å². The molecule has 17 heavy (non-hydrogen) atoms. The van der Waals surface area contributed by atoms with Crippen LogP contribution in [0.3, 0.4) is 0 Å². The number of H-pyrrole nitrogens is 1. The first-order valence-corrected chi connectivity index (χ1v) is 4.60. The van der Waals surface area contributed by atoms with Crippen LogP contribution in [-0.4, -0.2) is 39.9 Å². The molecule has 2 atom stereocenters. The summed E-state index contributed by atoms with van der Waals surface area (Å²) < 4.78 is 5.65. The second-order valence-corrected chi connectivity index (χ2v) is 3.04. The van der Waals surface area contributed by atoms with E-state index in [1.165, 1.54) is 0 Å². The van der Waals surface area contributed by atoms with E-state index in [2.05, 4.69) is 0 Å². The molecule has 0 saturated carbocycles. The van der Waals surface area contributed by atoms with E-state index < -0.39 is 30.2 Å². The number of nitrogens with zero attached hydrogens (tertiary/aromatic N) is 1. The minimum atomic E-state index is -1.39. The van der Waals surface area contributed by atoms with E-state index in [1.54, 1.807) is 0 Å². The fourth-order valence-electron chi connectivity index (χ4n) is 1.09. The first kappa shape index (κ1) is 13.0. The van der Waals surface area contributed by atoms with Crippen molar-refractivity contribution in [2.45, 2.75) is 12.3 Å². The van der Waals surface area contributed by atoms with Gasteiger partial charge in [0.2, 0.25) is 0 Å². The van der Waals surface area contributed by atoms with E-state index in [0.717, 1.165) is 16.8 Å². The molecule has 2 N–H and O–H groups in total. The molecule has 0 fully saturated rings. The van der Waals surface area contributed by atoms with Crippen molar-refractivity contribution >= 4 is 12.6 Å². The topological polar surface area (TPSA) is 118 Å². The van der Waals surface area contributed by atoms with Gasteiger partial charge in [-0.25, -0.2) is 4.79 Å². The van der Waals surface area contributed by atoms with E-state index in [-0.39, 0.29) is 6.29 Å². The second-order valence-electron chi connectivity index (χ2n) is 3.04. The van der Waals surface area contributed by atoms with Gasteiger partial charge in [0.15, 0.2) is 18.8 Å². The Labute approximate surface area is 94.5 Å². The van der Waals surface area contributed by atoms with Crippen LogP contribution in [0.2, 0.25) is 0 Å². The molecule has 0 radical (unpaired) electrons. The largest absolute Gasteiger partial charge is 0.393 e. The van der Waals surface area contributed by atoms with Crippen LogP contribution in [-0.2, 0) is 14.3 Å². The van der Waals surface area contributed by atoms with Gasteiger partial charge in [-0.3, -0.25) is 19.1 Å². The summed E-state index contributed by atoms with van der Waals surface area (Å²) in [7, 11) is 0. The fourth-order valence-corrected chi connectivity index (χ4v) is 1.09. The second kappa shape index (κ2) is 5.87. The third-order valence-electron chi connectivity index (χ3n) is 1.89. The minimum absolute atomic E-state index is 0.270. The highest BCUT2D eigenvalue weighted by molar-refractivity contribution is 5.58. The number of aromatic nitrogens is 2. The summed E-state index contributed by atoms with van der Waals surface area (Å²) in [5.41, 5.74) is -1.47. The summed E-state index contributed by atoms with van der Waals surface area (Å²) in [5.74, 6) is 0. The van der Waals surface area contributed by atoms with Gasteiger partial charge in [-0.05, 0) is 0 Å². The Hall–Kier alpha value is -2.06. The molecule has 8 heteroatoms. The number of aliphatic hydroxyl groups is 1. The number of carbonyl (C=O) groups excluding carboxylic acids is 2. The molecule has 92 valence electrons. The molecule has 0 spiro atoms. The summed E-state index contributed by atoms with van der Waals surface area (Å²) in [5, 5.41) is 8.71. The number of rotatable bonds is 6. The Morgan fingerprint density at radius 1 is 1.41 bits per heavy atom. The van der Waals surface area contributed by atoms with Crippen molar-refractivity contribution in [3.05, 3.63) is 33.1 Å². The Morgan fingerprint density at radius 2 is 2.12 bits per heavy atom. The maximum atomic E-state index is 11.3. The monoisotopic (exact) mass is 242 g/mol. The molecule has 0 amide bonds. The SMILES string of the molecule is O=C[C@H](CO)O[C@@H](C=O)n1ccc(=O)[nH]c1=O. The van der Waals surface area contributed by atoms with Crippen molar-refractivity contribution in [1.82, 2.24) is 9.55 Å². The zero-order valence-electron chi connectivity index (χ0n) is 8.61. The number of aromatic amines is 1. The molecule has 0 aliphatic carbocycles. The first-order chi connectivity index (χ1) is 8.12. The predicted molar refractivity (Wildman–Crippen MR) is 54.4 cm³/mol. The molecule has 1 rings (SSSR count). The summed E-state index contributed by atoms with van der Waals surface area (Å²) in [6, 6.07) is 1.02. The molecule has 0 unspecified atom stereocenters. The van der Waals surface area contributed by atoms with Gasteiger partial charge >= 0.3 is 5.69 Å². The lowest BCUT2D eigenvalue weighted by atomic mass is 10.4. The van der Waals surface area contributed by atoms with Crippen LogP contribution in [0.4, 0.5) is 0 Å². The highest BCUT2D eigenvalue weighted by Gasteiger charge is 2.17. The normalized spacial score (nSPS) is 13.9. The lowest BCUT2D eigenvalue weighted by molar-refractivity contribution is -0.140. The number of carbonyl (C=O) groups is 2. The van der Waals surface area contributed by atoms with Crippen molar-refractivity contribution in [2.75, 3.05) is 6.61 Å². The van der Waals surface area contributed by atoms with Crippen LogP contribution in [0.1, 0.15) is 6.23 Å². The molecule has 1 aromatic rings. The smallest absolute Gasteiger partial charge is 0.330 e. The third kappa shape index (κ3) is 3.20. The lowest BCUT2D eigenvalue weighted by Crippen LogP contribution is -2.35. The van der Waals surface area contributed by atoms with E-state index in [1.807, 2.05) is 4.98 Å². The van der Waals surface area contributed by atoms with Gasteiger partial charge in [-0.2, -0.15) is 0 Å². The highest BCUT2D eigenvalue weighted by Crippen LogP contribution is 2.04. The fraction of sp³-hybridized carbons (Fsp3) is 0.333. The van der Waals surface area contributed by atoms with Crippen LogP contribution in [0, 0.1) is 0 Å². The maximum Gasteiger partial charge on any atom is 0.330 e. The van der Waals surface area contributed by atoms with Crippen molar-refractivity contribution in [1.29, 1.82) is 0 Å². The van der Waals surface area contributed by atoms with Crippen molar-refractivity contribution in [2.24, 2.45) is 0 Å². The van der Waals surface area contributed by atoms with Gasteiger partial charge in [0.05, 0.1) is 6.61 Å². The Kier molecular flexibility index (Phi) is 4.49. The molecule has 0 aliphatic heterocycles. The highest BCUT2D eigenvalue weighted by atomic mass is 16.5. The predicted octanol–water partition coefficient (Wildman–Crippen LogP) is -2.19. The molecular weight excluding hydrogens is 232 g/mol. The summed E-state index contributed by atoms with van der Waals surface area (Å²) in [4.78, 5) is 45.2. The molecular formula is C9H10N2O6. The molecule has 1 aromatic heterocycles. The van der Waals surface area contributed by atoms with E-state index in [4.69, 9.17) is 9.84 Å². The van der Waals surface area contributed by atoms with Gasteiger partial charge < -0.3 is 14.6 Å². The van der Waals surface area contributed by atoms with Gasteiger partial charge in [0.25, 0.3) is 5.56 Å². The van der Waals surface area contributed by atoms with Crippen molar-refractivity contribution in [3.63, 3.8) is 0 Å². The molecule has 0 aliphatic rings. The van der Waals surface area contributed by atoms with E-state index in [0.29, 0.717) is 6.29 Å². The van der Waals surface area contributed by atoms with Crippen LogP contribution in [0.15, 0.2) is 21.9 Å². The van der Waals surface area contributed by atoms with Crippen molar-refractivity contribution in [3.8, 4) is 0 Å². The lowest BCUT2D eigenvalue weighted by Gasteiger charge is -2.16. The molecule has 8 nitrogen and oxygen atoms in total. The Bertz CT molecular complexity index is 505. The maximum absolute atomic E-state index is 11.3. The van der Waals surface area contributed by atoms with Gasteiger partial charge in [0, 0.05) is 12.3 Å². The first-order valence-electron chi connectivity index (χ1n) is 4.60. The van der Waals surface area contributed by atoms with Crippen molar-refractivity contribution < 1.29 is 19.4 Å². The van der Waals surface area contributed by atoms with Gasteiger partial charge in [0.1, 0.15) is 6.10 Å². The molecule has 0 saturated heterocycles. The van der Waals surface area contributed by atoms with E-state index >= 15 is 0 Å². The van der Waals surface area contributed by atoms with Crippen LogP contribution < -0.4 is 11.2 Å². The molecule has 0 bridgehead atoms. The summed E-state index contributed by atoms with van der Waals surface area (Å²) >= 11 is 0. The minimum Gasteiger partial charge on any atom is -0.393 e. The number of ether oxygens (including phenoxy) is 1. The third-order valence-corrected chi connectivity index (χ3v) is 1.89. The van der Waals surface area contributed by atoms with Gasteiger partial charge in [-0.1, -0.05) is 0 Å². The standard InChI is InChI=1S/C9H10N2O6/c12-3-6(4-13)17-8(5-14)11-2-1-7(15)10-9(11)16/h1-3,5-6,8,13H,4H2,(H,10,15,16)/t6-,8+/m1/s1. The number of hydrogen-bond donors (Lipinski definition) is 2.